The number of piperidine rings is 1. The summed E-state index contributed by atoms with van der Waals surface area (Å²) in [6.45, 7) is 3.14. The minimum absolute atomic E-state index is 0.0381. The Kier molecular flexibility index (Phi) is 3.95. The SMILES string of the molecule is O=C1C[C@@H](c2ccccc2)C2(CCN(Cc3ccsc3)CC2)N1. The number of amides is 1. The lowest BCUT2D eigenvalue weighted by Gasteiger charge is -2.43. The van der Waals surface area contributed by atoms with Crippen molar-refractivity contribution in [1.29, 1.82) is 0 Å². The van der Waals surface area contributed by atoms with Gasteiger partial charge in [-0.25, -0.2) is 0 Å². The molecule has 0 saturated carbocycles. The molecular formula is C19H22N2OS. The number of nitrogens with zero attached hydrogens (tertiary/aromatic N) is 1. The molecule has 4 heteroatoms. The third-order valence-corrected chi connectivity index (χ3v) is 6.11. The predicted octanol–water partition coefficient (Wildman–Crippen LogP) is 3.39. The van der Waals surface area contributed by atoms with Crippen LogP contribution in [0.25, 0.3) is 0 Å². The molecule has 1 atom stereocenters. The van der Waals surface area contributed by atoms with Crippen molar-refractivity contribution in [2.75, 3.05) is 13.1 Å². The first-order valence-electron chi connectivity index (χ1n) is 8.35. The Bertz CT molecular complexity index is 660. The highest BCUT2D eigenvalue weighted by molar-refractivity contribution is 7.07. The molecule has 1 aromatic heterocycles. The van der Waals surface area contributed by atoms with E-state index in [4.69, 9.17) is 0 Å². The van der Waals surface area contributed by atoms with Crippen LogP contribution in [0.3, 0.4) is 0 Å². The fourth-order valence-corrected chi connectivity index (χ4v) is 4.80. The van der Waals surface area contributed by atoms with E-state index in [-0.39, 0.29) is 11.4 Å². The number of thiophene rings is 1. The lowest BCUT2D eigenvalue weighted by molar-refractivity contribution is -0.120. The molecule has 2 fully saturated rings. The summed E-state index contributed by atoms with van der Waals surface area (Å²) in [6, 6.07) is 12.8. The maximum atomic E-state index is 12.1. The zero-order valence-corrected chi connectivity index (χ0v) is 14.0. The van der Waals surface area contributed by atoms with E-state index in [1.54, 1.807) is 11.3 Å². The van der Waals surface area contributed by atoms with Crippen molar-refractivity contribution >= 4 is 17.2 Å². The van der Waals surface area contributed by atoms with Crippen LogP contribution < -0.4 is 5.32 Å². The average molecular weight is 326 g/mol. The van der Waals surface area contributed by atoms with Crippen LogP contribution in [0.5, 0.6) is 0 Å². The van der Waals surface area contributed by atoms with Gasteiger partial charge in [-0.1, -0.05) is 30.3 Å². The van der Waals surface area contributed by atoms with Crippen molar-refractivity contribution in [1.82, 2.24) is 10.2 Å². The predicted molar refractivity (Wildman–Crippen MR) is 93.5 cm³/mol. The van der Waals surface area contributed by atoms with Crippen molar-refractivity contribution in [3.63, 3.8) is 0 Å². The minimum atomic E-state index is -0.0381. The van der Waals surface area contributed by atoms with E-state index < -0.39 is 0 Å². The fourth-order valence-electron chi connectivity index (χ4n) is 4.14. The zero-order chi connectivity index (χ0) is 15.7. The highest BCUT2D eigenvalue weighted by atomic mass is 32.1. The summed E-state index contributed by atoms with van der Waals surface area (Å²) in [4.78, 5) is 14.6. The van der Waals surface area contributed by atoms with E-state index in [9.17, 15) is 4.79 Å². The molecule has 1 N–H and O–H groups in total. The molecule has 2 aliphatic rings. The van der Waals surface area contributed by atoms with Crippen LogP contribution in [0.15, 0.2) is 47.2 Å². The molecule has 1 spiro atoms. The molecule has 2 aromatic rings. The third-order valence-electron chi connectivity index (χ3n) is 5.38. The Hall–Kier alpha value is -1.65. The smallest absolute Gasteiger partial charge is 0.221 e. The number of likely N-dealkylation sites (tertiary alicyclic amines) is 1. The summed E-state index contributed by atoms with van der Waals surface area (Å²) < 4.78 is 0. The van der Waals surface area contributed by atoms with Gasteiger partial charge in [-0.15, -0.1) is 0 Å². The maximum absolute atomic E-state index is 12.1. The van der Waals surface area contributed by atoms with E-state index in [1.165, 1.54) is 11.1 Å². The number of hydrogen-bond acceptors (Lipinski definition) is 3. The quantitative estimate of drug-likeness (QED) is 0.938. The molecule has 2 saturated heterocycles. The Morgan fingerprint density at radius 3 is 2.65 bits per heavy atom. The van der Waals surface area contributed by atoms with Gasteiger partial charge in [-0.3, -0.25) is 9.69 Å². The first-order valence-corrected chi connectivity index (χ1v) is 9.29. The molecule has 120 valence electrons. The van der Waals surface area contributed by atoms with E-state index in [0.29, 0.717) is 12.3 Å². The molecule has 23 heavy (non-hydrogen) atoms. The van der Waals surface area contributed by atoms with Crippen molar-refractivity contribution in [2.24, 2.45) is 0 Å². The maximum Gasteiger partial charge on any atom is 0.221 e. The van der Waals surface area contributed by atoms with Crippen molar-refractivity contribution in [3.05, 3.63) is 58.3 Å². The number of benzene rings is 1. The van der Waals surface area contributed by atoms with Crippen molar-refractivity contribution < 1.29 is 4.79 Å². The molecule has 0 bridgehead atoms. The summed E-state index contributed by atoms with van der Waals surface area (Å²) in [5.41, 5.74) is 2.67. The second-order valence-corrected chi connectivity index (χ2v) is 7.56. The third kappa shape index (κ3) is 2.93. The van der Waals surface area contributed by atoms with E-state index in [0.717, 1.165) is 32.5 Å². The second kappa shape index (κ2) is 6.10. The molecular weight excluding hydrogens is 304 g/mol. The zero-order valence-electron chi connectivity index (χ0n) is 13.2. The molecule has 1 amide bonds. The Morgan fingerprint density at radius 1 is 1.17 bits per heavy atom. The number of carbonyl (C=O) groups is 1. The lowest BCUT2D eigenvalue weighted by Crippen LogP contribution is -2.53. The monoisotopic (exact) mass is 326 g/mol. The van der Waals surface area contributed by atoms with E-state index in [2.05, 4.69) is 51.3 Å². The van der Waals surface area contributed by atoms with Gasteiger partial charge in [-0.05, 0) is 40.8 Å². The van der Waals surface area contributed by atoms with Gasteiger partial charge in [0.25, 0.3) is 0 Å². The van der Waals surface area contributed by atoms with E-state index >= 15 is 0 Å². The topological polar surface area (TPSA) is 32.3 Å². The van der Waals surface area contributed by atoms with Crippen molar-refractivity contribution in [3.8, 4) is 0 Å². The normalized spacial score (nSPS) is 24.0. The molecule has 0 radical (unpaired) electrons. The molecule has 3 nitrogen and oxygen atoms in total. The summed E-state index contributed by atoms with van der Waals surface area (Å²) in [5, 5.41) is 7.71. The molecule has 4 rings (SSSR count). The van der Waals surface area contributed by atoms with E-state index in [1.807, 2.05) is 6.07 Å². The Morgan fingerprint density at radius 2 is 1.96 bits per heavy atom. The van der Waals surface area contributed by atoms with Gasteiger partial charge in [0.15, 0.2) is 0 Å². The van der Waals surface area contributed by atoms with Crippen LogP contribution in [0.4, 0.5) is 0 Å². The first kappa shape index (κ1) is 14.9. The van der Waals surface area contributed by atoms with Gasteiger partial charge in [0, 0.05) is 37.5 Å². The van der Waals surface area contributed by atoms with Gasteiger partial charge in [-0.2, -0.15) is 11.3 Å². The number of hydrogen-bond donors (Lipinski definition) is 1. The number of nitrogens with one attached hydrogen (secondary N) is 1. The fraction of sp³-hybridized carbons (Fsp3) is 0.421. The summed E-state index contributed by atoms with van der Waals surface area (Å²) in [6.07, 6.45) is 2.72. The number of carbonyl (C=O) groups excluding carboxylic acids is 1. The summed E-state index contributed by atoms with van der Waals surface area (Å²) in [5.74, 6) is 0.532. The van der Waals surface area contributed by atoms with Gasteiger partial charge < -0.3 is 5.32 Å². The van der Waals surface area contributed by atoms with Crippen LogP contribution in [0.1, 0.15) is 36.3 Å². The Balaban J connectivity index is 1.49. The molecule has 2 aliphatic heterocycles. The molecule has 1 aromatic carbocycles. The highest BCUT2D eigenvalue weighted by Crippen LogP contribution is 2.43. The second-order valence-electron chi connectivity index (χ2n) is 6.78. The van der Waals surface area contributed by atoms with Gasteiger partial charge in [0.2, 0.25) is 5.91 Å². The minimum Gasteiger partial charge on any atom is -0.350 e. The van der Waals surface area contributed by atoms with Crippen LogP contribution in [-0.2, 0) is 11.3 Å². The first-order chi connectivity index (χ1) is 11.3. The standard InChI is InChI=1S/C19H22N2OS/c22-18-12-17(16-4-2-1-3-5-16)19(20-18)7-9-21(10-8-19)13-15-6-11-23-14-15/h1-6,11,14,17H,7-10,12-13H2,(H,20,22)/t17-/m0/s1. The molecule has 0 aliphatic carbocycles. The highest BCUT2D eigenvalue weighted by Gasteiger charge is 2.48. The largest absolute Gasteiger partial charge is 0.350 e. The van der Waals surface area contributed by atoms with Crippen LogP contribution in [-0.4, -0.2) is 29.4 Å². The van der Waals surface area contributed by atoms with Crippen LogP contribution in [0.2, 0.25) is 0 Å². The molecule has 3 heterocycles. The molecule has 0 unspecified atom stereocenters. The van der Waals surface area contributed by atoms with Crippen molar-refractivity contribution in [2.45, 2.75) is 37.3 Å². The van der Waals surface area contributed by atoms with Gasteiger partial charge in [0.1, 0.15) is 0 Å². The summed E-state index contributed by atoms with van der Waals surface area (Å²) >= 11 is 1.76. The van der Waals surface area contributed by atoms with Gasteiger partial charge in [0.05, 0.1) is 0 Å². The number of rotatable bonds is 3. The average Bonchev–Trinajstić information content (AvgIpc) is 3.19. The Labute approximate surface area is 141 Å². The van der Waals surface area contributed by atoms with Crippen LogP contribution >= 0.6 is 11.3 Å². The van der Waals surface area contributed by atoms with Gasteiger partial charge >= 0.3 is 0 Å². The van der Waals surface area contributed by atoms with Crippen LogP contribution in [0, 0.1) is 0 Å². The summed E-state index contributed by atoms with van der Waals surface area (Å²) in [7, 11) is 0. The lowest BCUT2D eigenvalue weighted by atomic mass is 9.74.